The van der Waals surface area contributed by atoms with E-state index in [9.17, 15) is 18.3 Å². The number of aryl methyl sites for hydroxylation is 1. The number of aromatic nitrogens is 1. The van der Waals surface area contributed by atoms with E-state index in [1.54, 1.807) is 6.92 Å². The number of hydrogen-bond donors (Lipinski definition) is 1. The van der Waals surface area contributed by atoms with E-state index >= 15 is 0 Å². The molecule has 9 nitrogen and oxygen atoms in total. The van der Waals surface area contributed by atoms with Crippen LogP contribution in [0.2, 0.25) is 5.02 Å². The van der Waals surface area contributed by atoms with Gasteiger partial charge in [0, 0.05) is 7.11 Å². The first-order chi connectivity index (χ1) is 11.8. The minimum atomic E-state index is -4.30. The Balaban J connectivity index is 2.44. The maximum Gasteiger partial charge on any atom is 0.347 e. The van der Waals surface area contributed by atoms with Crippen LogP contribution in [0.5, 0.6) is 0 Å². The minimum Gasteiger partial charge on any atom is -0.477 e. The van der Waals surface area contributed by atoms with Crippen molar-refractivity contribution in [3.8, 4) is 0 Å². The molecular formula is C13H15ClN2O7S2. The summed E-state index contributed by atoms with van der Waals surface area (Å²) < 4.78 is 41.8. The molecule has 0 unspecified atom stereocenters. The molecular weight excluding hydrogens is 396 g/mol. The molecule has 25 heavy (non-hydrogen) atoms. The van der Waals surface area contributed by atoms with Crippen molar-refractivity contribution in [2.45, 2.75) is 11.8 Å². The summed E-state index contributed by atoms with van der Waals surface area (Å²) in [5.41, 5.74) is 0.289. The van der Waals surface area contributed by atoms with Crippen LogP contribution in [-0.2, 0) is 19.5 Å². The third kappa shape index (κ3) is 4.12. The van der Waals surface area contributed by atoms with Gasteiger partial charge >= 0.3 is 5.97 Å². The highest BCUT2D eigenvalue weighted by Gasteiger charge is 2.34. The van der Waals surface area contributed by atoms with E-state index in [1.165, 1.54) is 18.6 Å². The molecule has 2 aromatic rings. The first-order valence-electron chi connectivity index (χ1n) is 6.82. The van der Waals surface area contributed by atoms with Gasteiger partial charge in [0.05, 0.1) is 13.2 Å². The van der Waals surface area contributed by atoms with Crippen molar-refractivity contribution in [3.05, 3.63) is 27.0 Å². The van der Waals surface area contributed by atoms with Gasteiger partial charge < -0.3 is 19.1 Å². The predicted octanol–water partition coefficient (Wildman–Crippen LogP) is 2.21. The molecule has 0 radical (unpaired) electrons. The van der Waals surface area contributed by atoms with Gasteiger partial charge in [-0.3, -0.25) is 0 Å². The summed E-state index contributed by atoms with van der Waals surface area (Å²) in [6.07, 6.45) is 0. The SMILES string of the molecule is COCCOCN(c1onc(C)c1Cl)S(=O)(=O)c1ccsc1C(=O)O. The Hall–Kier alpha value is -1.66. The number of halogens is 1. The van der Waals surface area contributed by atoms with E-state index in [1.807, 2.05) is 0 Å². The van der Waals surface area contributed by atoms with Crippen molar-refractivity contribution in [3.63, 3.8) is 0 Å². The van der Waals surface area contributed by atoms with Crippen molar-refractivity contribution in [1.82, 2.24) is 5.16 Å². The highest BCUT2D eigenvalue weighted by atomic mass is 35.5. The van der Waals surface area contributed by atoms with Gasteiger partial charge in [-0.15, -0.1) is 11.3 Å². The molecule has 0 aliphatic heterocycles. The molecule has 0 amide bonds. The van der Waals surface area contributed by atoms with E-state index < -0.39 is 22.7 Å². The summed E-state index contributed by atoms with van der Waals surface area (Å²) in [6.45, 7) is 1.45. The molecule has 138 valence electrons. The second-order valence-electron chi connectivity index (χ2n) is 4.69. The van der Waals surface area contributed by atoms with Crippen LogP contribution in [0.15, 0.2) is 20.9 Å². The molecule has 0 bridgehead atoms. The van der Waals surface area contributed by atoms with Crippen LogP contribution in [-0.4, -0.2) is 51.7 Å². The zero-order valence-corrected chi connectivity index (χ0v) is 15.7. The molecule has 0 aliphatic rings. The van der Waals surface area contributed by atoms with Crippen LogP contribution >= 0.6 is 22.9 Å². The Labute approximate surface area is 152 Å². The minimum absolute atomic E-state index is 0.00831. The van der Waals surface area contributed by atoms with Gasteiger partial charge in [0.1, 0.15) is 27.2 Å². The molecule has 2 aromatic heterocycles. The van der Waals surface area contributed by atoms with Gasteiger partial charge in [-0.05, 0) is 18.4 Å². The number of anilines is 1. The molecule has 0 fully saturated rings. The number of methoxy groups -OCH3 is 1. The number of carboxylic acids is 1. The Morgan fingerprint density at radius 3 is 2.76 bits per heavy atom. The van der Waals surface area contributed by atoms with Crippen LogP contribution in [0, 0.1) is 6.92 Å². The Morgan fingerprint density at radius 1 is 1.48 bits per heavy atom. The van der Waals surface area contributed by atoms with Crippen LogP contribution < -0.4 is 4.31 Å². The summed E-state index contributed by atoms with van der Waals surface area (Å²) in [5, 5.41) is 14.2. The van der Waals surface area contributed by atoms with Crippen LogP contribution in [0.1, 0.15) is 15.4 Å². The lowest BCUT2D eigenvalue weighted by Gasteiger charge is -2.21. The molecule has 2 rings (SSSR count). The van der Waals surface area contributed by atoms with Gasteiger partial charge in [0.2, 0.25) is 0 Å². The topological polar surface area (TPSA) is 119 Å². The largest absolute Gasteiger partial charge is 0.477 e. The highest BCUT2D eigenvalue weighted by molar-refractivity contribution is 7.93. The Morgan fingerprint density at radius 2 is 2.20 bits per heavy atom. The van der Waals surface area contributed by atoms with E-state index in [-0.39, 0.29) is 39.6 Å². The number of sulfonamides is 1. The fourth-order valence-electron chi connectivity index (χ4n) is 1.80. The summed E-state index contributed by atoms with van der Waals surface area (Å²) >= 11 is 6.85. The number of carbonyl (C=O) groups is 1. The Bertz CT molecular complexity index is 846. The van der Waals surface area contributed by atoms with Crippen LogP contribution in [0.3, 0.4) is 0 Å². The van der Waals surface area contributed by atoms with Crippen molar-refractivity contribution in [1.29, 1.82) is 0 Å². The third-order valence-electron chi connectivity index (χ3n) is 3.03. The standard InChI is InChI=1S/C13H15ClN2O7S2/c1-8-10(14)12(23-15-8)16(7-22-5-4-21-2)25(19,20)9-3-6-24-11(9)13(17)18/h3,6H,4-5,7H2,1-2H3,(H,17,18). The summed E-state index contributed by atoms with van der Waals surface area (Å²) in [5.74, 6) is -1.60. The van der Waals surface area contributed by atoms with E-state index in [0.717, 1.165) is 15.6 Å². The maximum atomic E-state index is 13.0. The molecule has 0 aliphatic carbocycles. The number of aromatic carboxylic acids is 1. The van der Waals surface area contributed by atoms with Gasteiger partial charge in [-0.1, -0.05) is 16.8 Å². The van der Waals surface area contributed by atoms with Crippen LogP contribution in [0.25, 0.3) is 0 Å². The lowest BCUT2D eigenvalue weighted by atomic mass is 10.5. The molecule has 0 saturated heterocycles. The second kappa shape index (κ2) is 8.15. The fourth-order valence-corrected chi connectivity index (χ4v) is 4.55. The smallest absolute Gasteiger partial charge is 0.347 e. The van der Waals surface area contributed by atoms with Gasteiger partial charge in [0.25, 0.3) is 15.9 Å². The number of thiophene rings is 1. The van der Waals surface area contributed by atoms with Gasteiger partial charge in [0.15, 0.2) is 0 Å². The normalized spacial score (nSPS) is 11.6. The number of nitrogens with zero attached hydrogens (tertiary/aromatic N) is 2. The maximum absolute atomic E-state index is 13.0. The van der Waals surface area contributed by atoms with Crippen molar-refractivity contribution < 1.29 is 32.3 Å². The molecule has 2 heterocycles. The summed E-state index contributed by atoms with van der Waals surface area (Å²) in [4.78, 5) is 10.6. The van der Waals surface area contributed by atoms with Crippen molar-refractivity contribution in [2.24, 2.45) is 0 Å². The average Bonchev–Trinajstić information content (AvgIpc) is 3.17. The average molecular weight is 411 g/mol. The van der Waals surface area contributed by atoms with Crippen molar-refractivity contribution >= 4 is 44.8 Å². The zero-order chi connectivity index (χ0) is 18.6. The van der Waals surface area contributed by atoms with Gasteiger partial charge in [-0.2, -0.15) is 0 Å². The molecule has 0 aromatic carbocycles. The Kier molecular flexibility index (Phi) is 6.41. The van der Waals surface area contributed by atoms with E-state index in [4.69, 9.17) is 25.6 Å². The monoisotopic (exact) mass is 410 g/mol. The highest BCUT2D eigenvalue weighted by Crippen LogP contribution is 2.34. The fraction of sp³-hybridized carbons (Fsp3) is 0.385. The molecule has 0 spiro atoms. The lowest BCUT2D eigenvalue weighted by molar-refractivity contribution is 0.0697. The summed E-state index contributed by atoms with van der Waals surface area (Å²) in [7, 11) is -2.83. The lowest BCUT2D eigenvalue weighted by Crippen LogP contribution is -2.34. The first kappa shape index (κ1) is 19.7. The summed E-state index contributed by atoms with van der Waals surface area (Å²) in [6, 6.07) is 1.20. The quantitative estimate of drug-likeness (QED) is 0.493. The number of rotatable bonds is 9. The molecule has 0 atom stereocenters. The number of carboxylic acid groups (broad SMARTS) is 1. The predicted molar refractivity (Wildman–Crippen MR) is 89.9 cm³/mol. The van der Waals surface area contributed by atoms with E-state index in [2.05, 4.69) is 5.16 Å². The third-order valence-corrected chi connectivity index (χ3v) is 6.25. The molecule has 0 saturated carbocycles. The second-order valence-corrected chi connectivity index (χ2v) is 7.81. The van der Waals surface area contributed by atoms with E-state index in [0.29, 0.717) is 0 Å². The number of ether oxygens (including phenoxy) is 2. The molecule has 12 heteroatoms. The number of hydrogen-bond acceptors (Lipinski definition) is 8. The first-order valence-corrected chi connectivity index (χ1v) is 9.52. The van der Waals surface area contributed by atoms with Crippen LogP contribution in [0.4, 0.5) is 5.88 Å². The zero-order valence-electron chi connectivity index (χ0n) is 13.3. The van der Waals surface area contributed by atoms with Gasteiger partial charge in [-0.25, -0.2) is 17.5 Å². The van der Waals surface area contributed by atoms with Crippen molar-refractivity contribution in [2.75, 3.05) is 31.4 Å². The molecule has 1 N–H and O–H groups in total.